The van der Waals surface area contributed by atoms with Gasteiger partial charge in [0.15, 0.2) is 5.65 Å². The smallest absolute Gasteiger partial charge is 0.299 e. The second kappa shape index (κ2) is 7.04. The van der Waals surface area contributed by atoms with E-state index in [1.54, 1.807) is 12.1 Å². The summed E-state index contributed by atoms with van der Waals surface area (Å²) in [7, 11) is 0. The first-order valence-corrected chi connectivity index (χ1v) is 9.55. The zero-order valence-corrected chi connectivity index (χ0v) is 15.8. The van der Waals surface area contributed by atoms with Gasteiger partial charge in [-0.1, -0.05) is 60.7 Å². The van der Waals surface area contributed by atoms with Gasteiger partial charge in [0.1, 0.15) is 5.56 Å². The van der Waals surface area contributed by atoms with Crippen LogP contribution in [0.25, 0.3) is 11.0 Å². The molecular formula is C23H18N4O3. The molecule has 0 fully saturated rings. The summed E-state index contributed by atoms with van der Waals surface area (Å²) < 4.78 is 0.426. The molecule has 1 unspecified atom stereocenters. The molecule has 1 aliphatic heterocycles. The summed E-state index contributed by atoms with van der Waals surface area (Å²) in [4.78, 5) is 30.2. The fourth-order valence-corrected chi connectivity index (χ4v) is 3.97. The lowest BCUT2D eigenvalue weighted by molar-refractivity contribution is 0.0930. The van der Waals surface area contributed by atoms with Crippen LogP contribution in [0.5, 0.6) is 0 Å². The van der Waals surface area contributed by atoms with Gasteiger partial charge in [-0.05, 0) is 23.3 Å². The van der Waals surface area contributed by atoms with Crippen LogP contribution in [0, 0.1) is 0 Å². The number of carbonyl (C=O) groups is 1. The van der Waals surface area contributed by atoms with Crippen LogP contribution >= 0.6 is 0 Å². The van der Waals surface area contributed by atoms with E-state index in [0.29, 0.717) is 15.8 Å². The average molecular weight is 398 g/mol. The van der Waals surface area contributed by atoms with E-state index in [2.05, 4.69) is 15.6 Å². The standard InChI is InChI=1S/C23H18N4O3/c28-22-17-20(16-12-7-13-24-21(16)27(30)23(17)29)25-18(14-8-3-1-4-9-14)19(26-22)15-10-5-2-6-11-15/h1-13,18-19,25,30H,(H,26,28)/t18?,19-/m1/s1. The SMILES string of the molecule is O=C1N[C@H](c2ccccc2)C(c2ccccc2)Nc2c1c(=O)n(O)c1ncccc21. The summed E-state index contributed by atoms with van der Waals surface area (Å²) >= 11 is 0. The van der Waals surface area contributed by atoms with Crippen LogP contribution in [-0.4, -0.2) is 20.8 Å². The van der Waals surface area contributed by atoms with Crippen LogP contribution in [0.1, 0.15) is 33.6 Å². The molecule has 1 aliphatic rings. The van der Waals surface area contributed by atoms with Crippen molar-refractivity contribution in [2.24, 2.45) is 0 Å². The molecule has 0 saturated carbocycles. The van der Waals surface area contributed by atoms with Gasteiger partial charge in [0.25, 0.3) is 11.5 Å². The number of carbonyl (C=O) groups excluding carboxylic acids is 1. The molecule has 4 aromatic rings. The van der Waals surface area contributed by atoms with Crippen LogP contribution in [0.15, 0.2) is 83.8 Å². The highest BCUT2D eigenvalue weighted by Gasteiger charge is 2.35. The van der Waals surface area contributed by atoms with Gasteiger partial charge in [-0.15, -0.1) is 4.73 Å². The largest absolute Gasteiger partial charge is 0.423 e. The van der Waals surface area contributed by atoms with Crippen molar-refractivity contribution >= 4 is 22.6 Å². The summed E-state index contributed by atoms with van der Waals surface area (Å²) in [5.74, 6) is -0.552. The molecule has 1 amide bonds. The number of nitrogens with one attached hydrogen (secondary N) is 2. The molecule has 2 aromatic heterocycles. The molecule has 0 saturated heterocycles. The maximum atomic E-state index is 13.2. The van der Waals surface area contributed by atoms with Crippen LogP contribution in [-0.2, 0) is 0 Å². The van der Waals surface area contributed by atoms with E-state index in [1.807, 2.05) is 60.7 Å². The first kappa shape index (κ1) is 17.9. The van der Waals surface area contributed by atoms with Crippen molar-refractivity contribution in [2.45, 2.75) is 12.1 Å². The monoisotopic (exact) mass is 398 g/mol. The van der Waals surface area contributed by atoms with Gasteiger partial charge in [0.05, 0.1) is 17.8 Å². The third-order valence-electron chi connectivity index (χ3n) is 5.38. The Kier molecular flexibility index (Phi) is 4.21. The fraction of sp³-hybridized carbons (Fsp3) is 0.0870. The molecule has 7 nitrogen and oxygen atoms in total. The first-order valence-electron chi connectivity index (χ1n) is 9.55. The molecule has 2 aromatic carbocycles. The van der Waals surface area contributed by atoms with Gasteiger partial charge < -0.3 is 15.8 Å². The summed E-state index contributed by atoms with van der Waals surface area (Å²) in [6, 6.07) is 21.9. The second-order valence-electron chi connectivity index (χ2n) is 7.14. The molecule has 0 spiro atoms. The number of hydrogen-bond acceptors (Lipinski definition) is 5. The van der Waals surface area contributed by atoms with Crippen molar-refractivity contribution < 1.29 is 10.0 Å². The van der Waals surface area contributed by atoms with Crippen molar-refractivity contribution in [3.05, 3.63) is 106 Å². The lowest BCUT2D eigenvalue weighted by atomic mass is 9.93. The maximum Gasteiger partial charge on any atom is 0.299 e. The summed E-state index contributed by atoms with van der Waals surface area (Å²) in [6.07, 6.45) is 1.49. The summed E-state index contributed by atoms with van der Waals surface area (Å²) in [5, 5.41) is 17.2. The highest BCUT2D eigenvalue weighted by molar-refractivity contribution is 6.07. The molecular weight excluding hydrogens is 380 g/mol. The van der Waals surface area contributed by atoms with Crippen molar-refractivity contribution in [2.75, 3.05) is 5.32 Å². The Hall–Kier alpha value is -4.13. The van der Waals surface area contributed by atoms with E-state index in [-0.39, 0.29) is 17.3 Å². The second-order valence-corrected chi connectivity index (χ2v) is 7.14. The van der Waals surface area contributed by atoms with E-state index in [4.69, 9.17) is 0 Å². The van der Waals surface area contributed by atoms with Gasteiger partial charge >= 0.3 is 0 Å². The summed E-state index contributed by atoms with van der Waals surface area (Å²) in [6.45, 7) is 0. The lowest BCUT2D eigenvalue weighted by Crippen LogP contribution is -2.35. The van der Waals surface area contributed by atoms with Crippen LogP contribution in [0.2, 0.25) is 0 Å². The molecule has 7 heteroatoms. The van der Waals surface area contributed by atoms with E-state index < -0.39 is 17.5 Å². The van der Waals surface area contributed by atoms with Gasteiger partial charge in [-0.3, -0.25) is 9.59 Å². The number of nitrogens with zero attached hydrogens (tertiary/aromatic N) is 2. The molecule has 3 N–H and O–H groups in total. The molecule has 148 valence electrons. The molecule has 2 atom stereocenters. The van der Waals surface area contributed by atoms with Crippen molar-refractivity contribution in [3.8, 4) is 0 Å². The molecule has 0 radical (unpaired) electrons. The molecule has 0 aliphatic carbocycles. The number of hydrogen-bond donors (Lipinski definition) is 3. The van der Waals surface area contributed by atoms with Crippen LogP contribution in [0.4, 0.5) is 5.69 Å². The van der Waals surface area contributed by atoms with E-state index >= 15 is 0 Å². The number of benzene rings is 2. The number of amides is 1. The first-order chi connectivity index (χ1) is 14.6. The number of anilines is 1. The zero-order chi connectivity index (χ0) is 20.7. The fourth-order valence-electron chi connectivity index (χ4n) is 3.97. The third-order valence-corrected chi connectivity index (χ3v) is 5.38. The van der Waals surface area contributed by atoms with Crippen molar-refractivity contribution in [3.63, 3.8) is 0 Å². The highest BCUT2D eigenvalue weighted by Crippen LogP contribution is 2.37. The number of rotatable bonds is 2. The van der Waals surface area contributed by atoms with E-state index in [0.717, 1.165) is 11.1 Å². The predicted molar refractivity (Wildman–Crippen MR) is 113 cm³/mol. The van der Waals surface area contributed by atoms with Crippen LogP contribution < -0.4 is 16.2 Å². The molecule has 30 heavy (non-hydrogen) atoms. The zero-order valence-electron chi connectivity index (χ0n) is 15.8. The van der Waals surface area contributed by atoms with Crippen molar-refractivity contribution in [1.29, 1.82) is 0 Å². The molecule has 3 heterocycles. The van der Waals surface area contributed by atoms with E-state index in [9.17, 15) is 14.8 Å². The Morgan fingerprint density at radius 1 is 0.800 bits per heavy atom. The van der Waals surface area contributed by atoms with Gasteiger partial charge in [0.2, 0.25) is 0 Å². The minimum Gasteiger partial charge on any atom is -0.423 e. The van der Waals surface area contributed by atoms with E-state index in [1.165, 1.54) is 6.20 Å². The molecule has 5 rings (SSSR count). The summed E-state index contributed by atoms with van der Waals surface area (Å²) in [5.41, 5.74) is 1.33. The van der Waals surface area contributed by atoms with Crippen molar-refractivity contribution in [1.82, 2.24) is 15.0 Å². The maximum absolute atomic E-state index is 13.2. The van der Waals surface area contributed by atoms with Gasteiger partial charge in [0, 0.05) is 11.6 Å². The highest BCUT2D eigenvalue weighted by atomic mass is 16.5. The Bertz CT molecular complexity index is 1300. The van der Waals surface area contributed by atoms with Gasteiger partial charge in [-0.25, -0.2) is 4.98 Å². The quantitative estimate of drug-likeness (QED) is 0.451. The minimum absolute atomic E-state index is 0.0894. The third kappa shape index (κ3) is 2.79. The Labute approximate surface area is 171 Å². The predicted octanol–water partition coefficient (Wildman–Crippen LogP) is 3.27. The van der Waals surface area contributed by atoms with Crippen LogP contribution in [0.3, 0.4) is 0 Å². The molecule has 0 bridgehead atoms. The Balaban J connectivity index is 1.78. The normalized spacial score (nSPS) is 18.2. The number of pyridine rings is 2. The Morgan fingerprint density at radius 2 is 1.40 bits per heavy atom. The Morgan fingerprint density at radius 3 is 2.03 bits per heavy atom. The minimum atomic E-state index is -0.818. The lowest BCUT2D eigenvalue weighted by Gasteiger charge is -2.28. The topological polar surface area (TPSA) is 96.2 Å². The average Bonchev–Trinajstić information content (AvgIpc) is 2.95. The van der Waals surface area contributed by atoms with Gasteiger partial charge in [-0.2, -0.15) is 0 Å². The number of aromatic nitrogens is 2. The number of fused-ring (bicyclic) bond motifs is 3.